The Morgan fingerprint density at radius 3 is 2.34 bits per heavy atom. The molecule has 3 aromatic rings. The molecule has 166 valence electrons. The zero-order valence-electron chi connectivity index (χ0n) is 18.0. The molecule has 0 aliphatic carbocycles. The zero-order chi connectivity index (χ0) is 22.8. The molecule has 0 amide bonds. The minimum atomic E-state index is -0.512. The lowest BCUT2D eigenvalue weighted by atomic mass is 9.91. The highest BCUT2D eigenvalue weighted by atomic mass is 16.5. The van der Waals surface area contributed by atoms with Crippen LogP contribution in [0.1, 0.15) is 39.6 Å². The molecule has 1 heterocycles. The van der Waals surface area contributed by atoms with Crippen LogP contribution in [0.15, 0.2) is 48.5 Å². The van der Waals surface area contributed by atoms with Crippen LogP contribution in [-0.4, -0.2) is 37.3 Å². The molecular formula is C25H24O7. The molecular weight excluding hydrogens is 412 g/mol. The van der Waals surface area contributed by atoms with Gasteiger partial charge in [-0.25, -0.2) is 0 Å². The Bertz CT molecular complexity index is 1150. The summed E-state index contributed by atoms with van der Waals surface area (Å²) in [7, 11) is 4.41. The first-order chi connectivity index (χ1) is 15.5. The number of phenols is 2. The van der Waals surface area contributed by atoms with E-state index in [-0.39, 0.29) is 52.9 Å². The molecule has 0 radical (unpaired) electrons. The molecule has 1 aliphatic rings. The van der Waals surface area contributed by atoms with Crippen LogP contribution in [0.3, 0.4) is 0 Å². The number of aromatic hydroxyl groups is 2. The standard InChI is InChI=1S/C25H24O7/c1-29-16-9-10-18(26)15(11-16)12-17-22(28)21-19(27)13-20(14-7-5-4-6-8-14)32-24(21)25(31-3)23(17)30-2/h4-11,20,26,28H,12-13H2,1-3H3. The first-order valence-corrected chi connectivity index (χ1v) is 10.1. The number of carbonyl (C=O) groups excluding carboxylic acids is 1. The van der Waals surface area contributed by atoms with E-state index in [1.165, 1.54) is 27.4 Å². The quantitative estimate of drug-likeness (QED) is 0.591. The minimum Gasteiger partial charge on any atom is -0.508 e. The lowest BCUT2D eigenvalue weighted by Gasteiger charge is -2.29. The van der Waals surface area contributed by atoms with Gasteiger partial charge >= 0.3 is 0 Å². The molecule has 1 unspecified atom stereocenters. The SMILES string of the molecule is COc1ccc(O)c(Cc2c(O)c3c(c(OC)c2OC)OC(c2ccccc2)CC3=O)c1. The minimum absolute atomic E-state index is 0.0238. The average molecular weight is 436 g/mol. The molecule has 7 nitrogen and oxygen atoms in total. The van der Waals surface area contributed by atoms with Crippen molar-refractivity contribution in [2.75, 3.05) is 21.3 Å². The van der Waals surface area contributed by atoms with Gasteiger partial charge in [-0.2, -0.15) is 0 Å². The van der Waals surface area contributed by atoms with E-state index in [9.17, 15) is 15.0 Å². The number of Topliss-reactive ketones (excluding diaryl/α,β-unsaturated/α-hetero) is 1. The third-order valence-corrected chi connectivity index (χ3v) is 5.58. The van der Waals surface area contributed by atoms with Crippen molar-refractivity contribution in [3.8, 4) is 34.5 Å². The molecule has 7 heteroatoms. The van der Waals surface area contributed by atoms with E-state index in [0.29, 0.717) is 16.9 Å². The van der Waals surface area contributed by atoms with Crippen molar-refractivity contribution >= 4 is 5.78 Å². The molecule has 4 rings (SSSR count). The molecule has 0 spiro atoms. The predicted octanol–water partition coefficient (Wildman–Crippen LogP) is 4.42. The first kappa shape index (κ1) is 21.4. The summed E-state index contributed by atoms with van der Waals surface area (Å²) in [5.41, 5.74) is 1.69. The van der Waals surface area contributed by atoms with Gasteiger partial charge in [-0.3, -0.25) is 4.79 Å². The molecule has 0 saturated carbocycles. The lowest BCUT2D eigenvalue weighted by Crippen LogP contribution is -2.22. The van der Waals surface area contributed by atoms with Crippen LogP contribution in [0, 0.1) is 0 Å². The topological polar surface area (TPSA) is 94.5 Å². The summed E-state index contributed by atoms with van der Waals surface area (Å²) in [6.07, 6.45) is -0.358. The van der Waals surface area contributed by atoms with Gasteiger partial charge in [-0.15, -0.1) is 0 Å². The first-order valence-electron chi connectivity index (χ1n) is 10.1. The fourth-order valence-corrected chi connectivity index (χ4v) is 3.98. The van der Waals surface area contributed by atoms with Crippen LogP contribution in [-0.2, 0) is 6.42 Å². The third kappa shape index (κ3) is 3.66. The van der Waals surface area contributed by atoms with Crippen LogP contribution in [0.5, 0.6) is 34.5 Å². The van der Waals surface area contributed by atoms with E-state index in [0.717, 1.165) is 5.56 Å². The Labute approximate surface area is 185 Å². The summed E-state index contributed by atoms with van der Waals surface area (Å²) in [6, 6.07) is 14.2. The predicted molar refractivity (Wildman–Crippen MR) is 117 cm³/mol. The molecule has 0 aromatic heterocycles. The number of carbonyl (C=O) groups is 1. The van der Waals surface area contributed by atoms with Crippen LogP contribution in [0.25, 0.3) is 0 Å². The second-order valence-electron chi connectivity index (χ2n) is 7.41. The molecule has 0 bridgehead atoms. The van der Waals surface area contributed by atoms with E-state index in [1.807, 2.05) is 30.3 Å². The fourth-order valence-electron chi connectivity index (χ4n) is 3.98. The number of ketones is 1. The van der Waals surface area contributed by atoms with Crippen LogP contribution in [0.2, 0.25) is 0 Å². The van der Waals surface area contributed by atoms with Gasteiger partial charge in [0.05, 0.1) is 27.8 Å². The normalized spacial score (nSPS) is 15.0. The van der Waals surface area contributed by atoms with E-state index in [2.05, 4.69) is 0 Å². The molecule has 1 aliphatic heterocycles. The summed E-state index contributed by atoms with van der Waals surface area (Å²) in [6.45, 7) is 0. The molecule has 2 N–H and O–H groups in total. The highest BCUT2D eigenvalue weighted by Gasteiger charge is 2.37. The van der Waals surface area contributed by atoms with Gasteiger partial charge in [0.25, 0.3) is 0 Å². The highest BCUT2D eigenvalue weighted by molar-refractivity contribution is 6.04. The maximum atomic E-state index is 13.1. The Hall–Kier alpha value is -3.87. The molecule has 0 fully saturated rings. The van der Waals surface area contributed by atoms with Gasteiger partial charge in [0.2, 0.25) is 5.75 Å². The third-order valence-electron chi connectivity index (χ3n) is 5.58. The summed E-state index contributed by atoms with van der Waals surface area (Å²) in [5.74, 6) is 0.637. The van der Waals surface area contributed by atoms with E-state index in [4.69, 9.17) is 18.9 Å². The number of rotatable bonds is 6. The van der Waals surface area contributed by atoms with Gasteiger partial charge in [-0.1, -0.05) is 30.3 Å². The largest absolute Gasteiger partial charge is 0.508 e. The van der Waals surface area contributed by atoms with E-state index >= 15 is 0 Å². The second-order valence-corrected chi connectivity index (χ2v) is 7.41. The number of hydrogen-bond acceptors (Lipinski definition) is 7. The van der Waals surface area contributed by atoms with Crippen LogP contribution < -0.4 is 18.9 Å². The summed E-state index contributed by atoms with van der Waals surface area (Å²) < 4.78 is 22.5. The van der Waals surface area contributed by atoms with Crippen molar-refractivity contribution in [3.05, 3.63) is 70.8 Å². The number of phenolic OH excluding ortho intramolecular Hbond substituents is 2. The van der Waals surface area contributed by atoms with Crippen LogP contribution in [0.4, 0.5) is 0 Å². The van der Waals surface area contributed by atoms with E-state index < -0.39 is 6.10 Å². The monoisotopic (exact) mass is 436 g/mol. The average Bonchev–Trinajstić information content (AvgIpc) is 2.81. The van der Waals surface area contributed by atoms with Crippen molar-refractivity contribution in [1.82, 2.24) is 0 Å². The number of benzene rings is 3. The number of ether oxygens (including phenoxy) is 4. The summed E-state index contributed by atoms with van der Waals surface area (Å²) in [4.78, 5) is 13.1. The molecule has 3 aromatic carbocycles. The van der Waals surface area contributed by atoms with Crippen molar-refractivity contribution in [2.45, 2.75) is 18.9 Å². The lowest BCUT2D eigenvalue weighted by molar-refractivity contribution is 0.0835. The van der Waals surface area contributed by atoms with Crippen molar-refractivity contribution in [1.29, 1.82) is 0 Å². The molecule has 32 heavy (non-hydrogen) atoms. The van der Waals surface area contributed by atoms with Crippen molar-refractivity contribution < 1.29 is 34.0 Å². The van der Waals surface area contributed by atoms with Crippen molar-refractivity contribution in [2.24, 2.45) is 0 Å². The Morgan fingerprint density at radius 2 is 1.69 bits per heavy atom. The number of methoxy groups -OCH3 is 3. The maximum Gasteiger partial charge on any atom is 0.204 e. The summed E-state index contributed by atoms with van der Waals surface area (Å²) >= 11 is 0. The van der Waals surface area contributed by atoms with Crippen molar-refractivity contribution in [3.63, 3.8) is 0 Å². The number of hydrogen-bond donors (Lipinski definition) is 2. The maximum absolute atomic E-state index is 13.1. The van der Waals surface area contributed by atoms with E-state index in [1.54, 1.807) is 12.1 Å². The van der Waals surface area contributed by atoms with Gasteiger partial charge in [0, 0.05) is 17.5 Å². The van der Waals surface area contributed by atoms with Gasteiger partial charge in [-0.05, 0) is 23.8 Å². The fraction of sp³-hybridized carbons (Fsp3) is 0.240. The molecule has 0 saturated heterocycles. The zero-order valence-corrected chi connectivity index (χ0v) is 18.0. The summed E-state index contributed by atoms with van der Waals surface area (Å²) in [5, 5.41) is 21.4. The Morgan fingerprint density at radius 1 is 0.969 bits per heavy atom. The smallest absolute Gasteiger partial charge is 0.204 e. The van der Waals surface area contributed by atoms with Crippen LogP contribution >= 0.6 is 0 Å². The second kappa shape index (κ2) is 8.70. The van der Waals surface area contributed by atoms with Gasteiger partial charge in [0.15, 0.2) is 17.3 Å². The van der Waals surface area contributed by atoms with Gasteiger partial charge < -0.3 is 29.2 Å². The number of fused-ring (bicyclic) bond motifs is 1. The highest BCUT2D eigenvalue weighted by Crippen LogP contribution is 2.53. The van der Waals surface area contributed by atoms with Gasteiger partial charge in [0.1, 0.15) is 28.9 Å². The Kier molecular flexibility index (Phi) is 5.81. The Balaban J connectivity index is 1.85. The molecule has 1 atom stereocenters.